The van der Waals surface area contributed by atoms with Crippen molar-refractivity contribution in [2.24, 2.45) is 16.5 Å². The number of nitrogens with two attached hydrogens (primary N) is 2. The third kappa shape index (κ3) is 3.36. The first-order valence-corrected chi connectivity index (χ1v) is 5.02. The average Bonchev–Trinajstić information content (AvgIpc) is 2.18. The van der Waals surface area contributed by atoms with Crippen molar-refractivity contribution in [2.75, 3.05) is 13.2 Å². The van der Waals surface area contributed by atoms with Crippen LogP contribution in [0.15, 0.2) is 15.7 Å². The fourth-order valence-corrected chi connectivity index (χ4v) is 1.26. The van der Waals surface area contributed by atoms with Crippen molar-refractivity contribution < 1.29 is 4.74 Å². The van der Waals surface area contributed by atoms with Gasteiger partial charge < -0.3 is 16.2 Å². The van der Waals surface area contributed by atoms with E-state index in [0.717, 1.165) is 26.1 Å². The molecule has 0 aromatic carbocycles. The minimum atomic E-state index is 0.279. The second-order valence-electron chi connectivity index (χ2n) is 2.87. The summed E-state index contributed by atoms with van der Waals surface area (Å²) >= 11 is 3.22. The Labute approximate surface area is 86.2 Å². The molecule has 1 aliphatic rings. The minimum absolute atomic E-state index is 0.279. The Balaban J connectivity index is 2.52. The van der Waals surface area contributed by atoms with E-state index in [1.165, 1.54) is 6.20 Å². The Morgan fingerprint density at radius 1 is 1.46 bits per heavy atom. The predicted molar refractivity (Wildman–Crippen MR) is 56.7 cm³/mol. The second-order valence-corrected chi connectivity index (χ2v) is 3.73. The zero-order valence-corrected chi connectivity index (χ0v) is 8.96. The highest BCUT2D eigenvalue weighted by molar-refractivity contribution is 9.12. The van der Waals surface area contributed by atoms with Crippen LogP contribution < -0.4 is 11.5 Å². The number of hydrogen-bond donors (Lipinski definition) is 2. The number of amidine groups is 1. The molecule has 1 fully saturated rings. The molecule has 0 spiro atoms. The summed E-state index contributed by atoms with van der Waals surface area (Å²) < 4.78 is 5.86. The first kappa shape index (κ1) is 10.5. The van der Waals surface area contributed by atoms with E-state index in [-0.39, 0.29) is 6.04 Å². The van der Waals surface area contributed by atoms with Crippen LogP contribution in [0.1, 0.15) is 12.8 Å². The van der Waals surface area contributed by atoms with Crippen LogP contribution in [0.2, 0.25) is 0 Å². The van der Waals surface area contributed by atoms with Gasteiger partial charge in [-0.3, -0.25) is 4.99 Å². The highest BCUT2D eigenvalue weighted by Gasteiger charge is 2.13. The predicted octanol–water partition coefficient (Wildman–Crippen LogP) is 0.718. The lowest BCUT2D eigenvalue weighted by Gasteiger charge is -2.18. The monoisotopic (exact) mass is 247 g/mol. The first-order chi connectivity index (χ1) is 6.24. The van der Waals surface area contributed by atoms with Crippen LogP contribution in [-0.2, 0) is 4.74 Å². The van der Waals surface area contributed by atoms with Gasteiger partial charge in [-0.2, -0.15) is 0 Å². The molecule has 0 aromatic heterocycles. The zero-order chi connectivity index (χ0) is 9.68. The molecule has 1 saturated heterocycles. The molecule has 0 saturated carbocycles. The van der Waals surface area contributed by atoms with Crippen LogP contribution in [0.25, 0.3) is 0 Å². The van der Waals surface area contributed by atoms with E-state index < -0.39 is 0 Å². The summed E-state index contributed by atoms with van der Waals surface area (Å²) in [7, 11) is 0. The lowest BCUT2D eigenvalue weighted by molar-refractivity contribution is 0.0871. The number of halogens is 1. The van der Waals surface area contributed by atoms with Gasteiger partial charge in [0, 0.05) is 19.4 Å². The molecule has 74 valence electrons. The molecule has 0 aromatic rings. The Bertz CT molecular complexity index is 221. The normalized spacial score (nSPS) is 21.9. The fraction of sp³-hybridized carbons (Fsp3) is 0.625. The lowest BCUT2D eigenvalue weighted by Crippen LogP contribution is -2.23. The van der Waals surface area contributed by atoms with Gasteiger partial charge in [-0.05, 0) is 28.8 Å². The van der Waals surface area contributed by atoms with Gasteiger partial charge in [-0.25, -0.2) is 0 Å². The highest BCUT2D eigenvalue weighted by atomic mass is 79.9. The summed E-state index contributed by atoms with van der Waals surface area (Å²) in [4.78, 5) is 4.33. The summed E-state index contributed by atoms with van der Waals surface area (Å²) in [6.45, 7) is 1.54. The van der Waals surface area contributed by atoms with E-state index in [4.69, 9.17) is 16.2 Å². The van der Waals surface area contributed by atoms with Crippen LogP contribution in [0.3, 0.4) is 0 Å². The van der Waals surface area contributed by atoms with Gasteiger partial charge in [0.2, 0.25) is 0 Å². The van der Waals surface area contributed by atoms with Crippen LogP contribution in [0.4, 0.5) is 0 Å². The van der Waals surface area contributed by atoms with Crippen LogP contribution >= 0.6 is 15.9 Å². The van der Waals surface area contributed by atoms with Gasteiger partial charge in [0.1, 0.15) is 5.84 Å². The molecule has 0 bridgehead atoms. The number of rotatable bonds is 2. The molecule has 4 nitrogen and oxygen atoms in total. The van der Waals surface area contributed by atoms with Gasteiger partial charge in [0.15, 0.2) is 0 Å². The van der Waals surface area contributed by atoms with Crippen LogP contribution in [0.5, 0.6) is 0 Å². The lowest BCUT2D eigenvalue weighted by atomic mass is 10.1. The Morgan fingerprint density at radius 2 is 2.08 bits per heavy atom. The van der Waals surface area contributed by atoms with Crippen molar-refractivity contribution in [3.63, 3.8) is 0 Å². The van der Waals surface area contributed by atoms with Gasteiger partial charge in [0.25, 0.3) is 0 Å². The van der Waals surface area contributed by atoms with E-state index in [9.17, 15) is 0 Å². The van der Waals surface area contributed by atoms with Gasteiger partial charge in [-0.15, -0.1) is 0 Å². The minimum Gasteiger partial charge on any atom is -0.404 e. The zero-order valence-electron chi connectivity index (χ0n) is 7.37. The summed E-state index contributed by atoms with van der Waals surface area (Å²) in [5.74, 6) is 0.467. The molecule has 4 N–H and O–H groups in total. The molecule has 5 heteroatoms. The van der Waals surface area contributed by atoms with Gasteiger partial charge in [0.05, 0.1) is 10.5 Å². The van der Waals surface area contributed by atoms with Crippen molar-refractivity contribution in [1.82, 2.24) is 0 Å². The van der Waals surface area contributed by atoms with Crippen molar-refractivity contribution in [1.29, 1.82) is 0 Å². The Morgan fingerprint density at radius 3 is 2.62 bits per heavy atom. The standard InChI is InChI=1S/C8H14BrN3O/c9-7(5-10)8(11)12-6-1-3-13-4-2-6/h5-6H,1-4,10H2,(H2,11,12)/b7-5+. The Kier molecular flexibility index (Phi) is 4.24. The van der Waals surface area contributed by atoms with Crippen molar-refractivity contribution in [3.05, 3.63) is 10.7 Å². The number of ether oxygens (including phenoxy) is 1. The number of hydrogen-bond acceptors (Lipinski definition) is 3. The second kappa shape index (κ2) is 5.24. The first-order valence-electron chi connectivity index (χ1n) is 4.23. The maximum atomic E-state index is 5.67. The maximum Gasteiger partial charge on any atom is 0.134 e. The van der Waals surface area contributed by atoms with Crippen molar-refractivity contribution in [3.8, 4) is 0 Å². The summed E-state index contributed by atoms with van der Waals surface area (Å²) in [5.41, 5.74) is 11.0. The van der Waals surface area contributed by atoms with Crippen molar-refractivity contribution >= 4 is 21.8 Å². The topological polar surface area (TPSA) is 73.6 Å². The number of nitrogens with zero attached hydrogens (tertiary/aromatic N) is 1. The van der Waals surface area contributed by atoms with E-state index in [1.54, 1.807) is 0 Å². The molecule has 1 heterocycles. The molecule has 0 unspecified atom stereocenters. The third-order valence-electron chi connectivity index (χ3n) is 1.90. The maximum absolute atomic E-state index is 5.67. The molecule has 0 aliphatic carbocycles. The quantitative estimate of drug-likeness (QED) is 0.558. The third-order valence-corrected chi connectivity index (χ3v) is 2.57. The molecule has 1 rings (SSSR count). The molecule has 1 aliphatic heterocycles. The molecular weight excluding hydrogens is 234 g/mol. The summed E-state index contributed by atoms with van der Waals surface area (Å²) in [6.07, 6.45) is 3.27. The summed E-state index contributed by atoms with van der Waals surface area (Å²) in [5, 5.41) is 0. The largest absolute Gasteiger partial charge is 0.404 e. The van der Waals surface area contributed by atoms with Gasteiger partial charge >= 0.3 is 0 Å². The SMILES string of the molecule is N/C=C(/Br)C(N)=NC1CCOCC1. The van der Waals surface area contributed by atoms with E-state index in [0.29, 0.717) is 10.3 Å². The molecule has 0 atom stereocenters. The molecule has 0 radical (unpaired) electrons. The average molecular weight is 248 g/mol. The number of aliphatic imine (C=N–C) groups is 1. The molecule has 13 heavy (non-hydrogen) atoms. The molecular formula is C8H14BrN3O. The van der Waals surface area contributed by atoms with Crippen LogP contribution in [-0.4, -0.2) is 25.1 Å². The highest BCUT2D eigenvalue weighted by Crippen LogP contribution is 2.12. The van der Waals surface area contributed by atoms with E-state index in [2.05, 4.69) is 20.9 Å². The fourth-order valence-electron chi connectivity index (χ4n) is 1.16. The van der Waals surface area contributed by atoms with E-state index >= 15 is 0 Å². The van der Waals surface area contributed by atoms with Gasteiger partial charge in [-0.1, -0.05) is 0 Å². The van der Waals surface area contributed by atoms with E-state index in [1.807, 2.05) is 0 Å². The van der Waals surface area contributed by atoms with Crippen LogP contribution in [0, 0.1) is 0 Å². The summed E-state index contributed by atoms with van der Waals surface area (Å²) in [6, 6.07) is 0.279. The molecule has 0 amide bonds. The Hall–Kier alpha value is -0.550. The smallest absolute Gasteiger partial charge is 0.134 e. The van der Waals surface area contributed by atoms with Crippen molar-refractivity contribution in [2.45, 2.75) is 18.9 Å².